The highest BCUT2D eigenvalue weighted by molar-refractivity contribution is 14.0. The van der Waals surface area contributed by atoms with Gasteiger partial charge in [0.15, 0.2) is 11.7 Å². The molecule has 0 saturated carbocycles. The van der Waals surface area contributed by atoms with Crippen LogP contribution in [0.4, 0.5) is 0 Å². The van der Waals surface area contributed by atoms with Crippen molar-refractivity contribution in [2.45, 2.75) is 46.6 Å². The fourth-order valence-electron chi connectivity index (χ4n) is 2.81. The zero-order chi connectivity index (χ0) is 20.4. The van der Waals surface area contributed by atoms with Gasteiger partial charge in [-0.3, -0.25) is 9.79 Å². The number of hydrogen-bond donors (Lipinski definition) is 3. The maximum Gasteiger partial charge on any atom is 0.287 e. The van der Waals surface area contributed by atoms with E-state index in [0.29, 0.717) is 18.8 Å². The van der Waals surface area contributed by atoms with E-state index in [1.165, 1.54) is 17.4 Å². The van der Waals surface area contributed by atoms with Gasteiger partial charge in [-0.25, -0.2) is 0 Å². The zero-order valence-corrected chi connectivity index (χ0v) is 20.1. The number of halogens is 1. The summed E-state index contributed by atoms with van der Waals surface area (Å²) in [5, 5.41) is 9.58. The third-order valence-corrected chi connectivity index (χ3v) is 4.54. The van der Waals surface area contributed by atoms with Crippen LogP contribution in [0.25, 0.3) is 0 Å². The number of aliphatic imine (C=N–C) groups is 1. The monoisotopic (exact) mass is 512 g/mol. The molecule has 0 aliphatic rings. The first-order valence-electron chi connectivity index (χ1n) is 10.0. The van der Waals surface area contributed by atoms with Gasteiger partial charge in [0, 0.05) is 25.2 Å². The third kappa shape index (κ3) is 8.08. The van der Waals surface area contributed by atoms with Crippen LogP contribution in [0, 0.1) is 6.92 Å². The first-order chi connectivity index (χ1) is 13.5. The first kappa shape index (κ1) is 25.0. The molecule has 0 bridgehead atoms. The van der Waals surface area contributed by atoms with E-state index in [4.69, 9.17) is 4.42 Å². The van der Waals surface area contributed by atoms with Crippen molar-refractivity contribution in [1.82, 2.24) is 16.0 Å². The van der Waals surface area contributed by atoms with Gasteiger partial charge in [-0.05, 0) is 50.8 Å². The van der Waals surface area contributed by atoms with Crippen LogP contribution in [0.3, 0.4) is 0 Å². The van der Waals surface area contributed by atoms with Crippen molar-refractivity contribution in [2.24, 2.45) is 4.99 Å². The Labute approximate surface area is 191 Å². The van der Waals surface area contributed by atoms with Crippen LogP contribution < -0.4 is 16.0 Å². The van der Waals surface area contributed by atoms with Gasteiger partial charge in [-0.1, -0.05) is 31.2 Å². The Morgan fingerprint density at radius 3 is 2.45 bits per heavy atom. The number of furan rings is 1. The zero-order valence-electron chi connectivity index (χ0n) is 17.7. The summed E-state index contributed by atoms with van der Waals surface area (Å²) in [4.78, 5) is 16.6. The maximum atomic E-state index is 12.0. The molecule has 2 aromatic rings. The molecular weight excluding hydrogens is 479 g/mol. The van der Waals surface area contributed by atoms with Gasteiger partial charge in [-0.2, -0.15) is 0 Å². The van der Waals surface area contributed by atoms with Crippen molar-refractivity contribution in [1.29, 1.82) is 0 Å². The number of carbonyl (C=O) groups excluding carboxylic acids is 1. The topological polar surface area (TPSA) is 78.7 Å². The molecule has 0 aliphatic heterocycles. The molecule has 0 fully saturated rings. The number of amides is 1. The third-order valence-electron chi connectivity index (χ3n) is 4.54. The van der Waals surface area contributed by atoms with E-state index < -0.39 is 0 Å². The molecule has 1 heterocycles. The second-order valence-corrected chi connectivity index (χ2v) is 6.76. The molecule has 0 aliphatic carbocycles. The lowest BCUT2D eigenvalue weighted by Gasteiger charge is -2.18. The van der Waals surface area contributed by atoms with Gasteiger partial charge in [0.25, 0.3) is 5.91 Å². The minimum atomic E-state index is -0.180. The summed E-state index contributed by atoms with van der Waals surface area (Å²) in [5.41, 5.74) is 3.40. The maximum absolute atomic E-state index is 12.0. The predicted molar refractivity (Wildman–Crippen MR) is 129 cm³/mol. The lowest BCUT2D eigenvalue weighted by molar-refractivity contribution is 0.0925. The van der Waals surface area contributed by atoms with Gasteiger partial charge >= 0.3 is 0 Å². The molecule has 1 atom stereocenters. The molecule has 1 unspecified atom stereocenters. The number of guanidine groups is 1. The molecule has 1 aromatic heterocycles. The van der Waals surface area contributed by atoms with E-state index in [0.717, 1.165) is 30.9 Å². The van der Waals surface area contributed by atoms with Crippen LogP contribution >= 0.6 is 24.0 Å². The average molecular weight is 512 g/mol. The predicted octanol–water partition coefficient (Wildman–Crippen LogP) is 4.20. The summed E-state index contributed by atoms with van der Waals surface area (Å²) < 4.78 is 5.19. The van der Waals surface area contributed by atoms with E-state index in [2.05, 4.69) is 59.1 Å². The van der Waals surface area contributed by atoms with E-state index in [1.807, 2.05) is 13.8 Å². The Morgan fingerprint density at radius 2 is 1.86 bits per heavy atom. The number of rotatable bonds is 9. The van der Waals surface area contributed by atoms with E-state index in [1.54, 1.807) is 6.07 Å². The van der Waals surface area contributed by atoms with Crippen LogP contribution in [-0.2, 0) is 6.42 Å². The summed E-state index contributed by atoms with van der Waals surface area (Å²) in [5.74, 6) is 0.977. The average Bonchev–Trinajstić information content (AvgIpc) is 3.13. The highest BCUT2D eigenvalue weighted by Gasteiger charge is 2.11. The number of nitrogens with one attached hydrogen (secondary N) is 3. The molecule has 6 nitrogen and oxygen atoms in total. The SMILES string of the molecule is CCNC(=NCCCNC(=O)c1occc1C)NC(C)c1ccc(CC)cc1.I. The van der Waals surface area contributed by atoms with Gasteiger partial charge in [0.1, 0.15) is 0 Å². The normalized spacial score (nSPS) is 12.1. The molecule has 3 N–H and O–H groups in total. The van der Waals surface area contributed by atoms with Crippen LogP contribution in [0.1, 0.15) is 60.5 Å². The lowest BCUT2D eigenvalue weighted by Crippen LogP contribution is -2.39. The molecule has 29 heavy (non-hydrogen) atoms. The quantitative estimate of drug-likeness (QED) is 0.204. The van der Waals surface area contributed by atoms with Crippen molar-refractivity contribution >= 4 is 35.8 Å². The Hall–Kier alpha value is -2.03. The van der Waals surface area contributed by atoms with Crippen LogP contribution in [0.2, 0.25) is 0 Å². The largest absolute Gasteiger partial charge is 0.459 e. The molecule has 1 aromatic carbocycles. The van der Waals surface area contributed by atoms with Crippen molar-refractivity contribution < 1.29 is 9.21 Å². The smallest absolute Gasteiger partial charge is 0.287 e. The number of nitrogens with zero attached hydrogens (tertiary/aromatic N) is 1. The van der Waals surface area contributed by atoms with E-state index >= 15 is 0 Å². The number of hydrogen-bond acceptors (Lipinski definition) is 3. The van der Waals surface area contributed by atoms with E-state index in [9.17, 15) is 4.79 Å². The first-order valence-corrected chi connectivity index (χ1v) is 10.0. The summed E-state index contributed by atoms with van der Waals surface area (Å²) in [7, 11) is 0. The highest BCUT2D eigenvalue weighted by Crippen LogP contribution is 2.13. The van der Waals surface area contributed by atoms with Crippen molar-refractivity contribution in [3.8, 4) is 0 Å². The molecule has 0 radical (unpaired) electrons. The molecule has 2 rings (SSSR count). The summed E-state index contributed by atoms with van der Waals surface area (Å²) in [6.45, 7) is 10.1. The second kappa shape index (κ2) is 13.2. The lowest BCUT2D eigenvalue weighted by atomic mass is 10.1. The highest BCUT2D eigenvalue weighted by atomic mass is 127. The van der Waals surface area contributed by atoms with E-state index in [-0.39, 0.29) is 35.9 Å². The van der Waals surface area contributed by atoms with Gasteiger partial charge < -0.3 is 20.4 Å². The van der Waals surface area contributed by atoms with Crippen molar-refractivity contribution in [3.05, 3.63) is 59.0 Å². The van der Waals surface area contributed by atoms with Crippen molar-refractivity contribution in [2.75, 3.05) is 19.6 Å². The standard InChI is InChI=1S/C22H32N4O2.HI/c1-5-18-8-10-19(11-9-18)17(4)26-22(23-6-2)25-14-7-13-24-21(27)20-16(3)12-15-28-20;/h8-12,15,17H,5-7,13-14H2,1-4H3,(H,24,27)(H2,23,25,26);1H. The minimum Gasteiger partial charge on any atom is -0.459 e. The molecule has 1 amide bonds. The van der Waals surface area contributed by atoms with Crippen molar-refractivity contribution in [3.63, 3.8) is 0 Å². The second-order valence-electron chi connectivity index (χ2n) is 6.76. The van der Waals surface area contributed by atoms with Gasteiger partial charge in [-0.15, -0.1) is 24.0 Å². The Morgan fingerprint density at radius 1 is 1.14 bits per heavy atom. The summed E-state index contributed by atoms with van der Waals surface area (Å²) in [6, 6.07) is 10.6. The van der Waals surface area contributed by atoms with Gasteiger partial charge in [0.05, 0.1) is 12.3 Å². The fourth-order valence-corrected chi connectivity index (χ4v) is 2.81. The molecular formula is C22H33IN4O2. The van der Waals surface area contributed by atoms with Crippen LogP contribution in [0.5, 0.6) is 0 Å². The molecule has 7 heteroatoms. The van der Waals surface area contributed by atoms with Crippen LogP contribution in [-0.4, -0.2) is 31.5 Å². The molecule has 0 spiro atoms. The Kier molecular flexibility index (Phi) is 11.4. The number of benzene rings is 1. The van der Waals surface area contributed by atoms with Crippen LogP contribution in [0.15, 0.2) is 46.0 Å². The summed E-state index contributed by atoms with van der Waals surface area (Å²) in [6.07, 6.45) is 3.32. The fraction of sp³-hybridized carbons (Fsp3) is 0.455. The molecule has 0 saturated heterocycles. The summed E-state index contributed by atoms with van der Waals surface area (Å²) >= 11 is 0. The Balaban J connectivity index is 0.00000420. The number of carbonyl (C=O) groups is 1. The van der Waals surface area contributed by atoms with Gasteiger partial charge in [0.2, 0.25) is 0 Å². The minimum absolute atomic E-state index is 0. The Bertz CT molecular complexity index is 771. The molecule has 160 valence electrons. The number of aryl methyl sites for hydroxylation is 2.